The summed E-state index contributed by atoms with van der Waals surface area (Å²) in [5.41, 5.74) is 1.56. The van der Waals surface area contributed by atoms with Gasteiger partial charge in [0.05, 0.1) is 0 Å². The van der Waals surface area contributed by atoms with Crippen molar-refractivity contribution in [2.45, 2.75) is 19.4 Å². The van der Waals surface area contributed by atoms with Gasteiger partial charge >= 0.3 is 6.03 Å². The predicted octanol–water partition coefficient (Wildman–Crippen LogP) is 3.06. The number of hydrogen-bond acceptors (Lipinski definition) is 2. The Morgan fingerprint density at radius 2 is 1.92 bits per heavy atom. The van der Waals surface area contributed by atoms with Crippen LogP contribution in [0, 0.1) is 12.7 Å². The van der Waals surface area contributed by atoms with Gasteiger partial charge in [0.15, 0.2) is 0 Å². The number of benzene rings is 2. The molecule has 1 fully saturated rings. The molecule has 0 unspecified atom stereocenters. The first-order valence-electron chi connectivity index (χ1n) is 7.75. The van der Waals surface area contributed by atoms with Crippen LogP contribution in [0.4, 0.5) is 20.6 Å². The zero-order chi connectivity index (χ0) is 17.1. The highest BCUT2D eigenvalue weighted by Crippen LogP contribution is 2.21. The highest BCUT2D eigenvalue weighted by Gasteiger charge is 2.33. The molecule has 0 saturated carbocycles. The van der Waals surface area contributed by atoms with Crippen LogP contribution in [0.5, 0.6) is 0 Å². The number of urea groups is 1. The molecule has 6 heteroatoms. The first-order valence-corrected chi connectivity index (χ1v) is 7.75. The minimum Gasteiger partial charge on any atom is -0.326 e. The van der Waals surface area contributed by atoms with Crippen LogP contribution in [-0.2, 0) is 4.79 Å². The molecule has 0 bridgehead atoms. The van der Waals surface area contributed by atoms with Gasteiger partial charge in [0.25, 0.3) is 0 Å². The normalized spacial score (nSPS) is 17.0. The fraction of sp³-hybridized carbons (Fsp3) is 0.222. The molecule has 3 amide bonds. The average molecular weight is 327 g/mol. The number of amides is 3. The van der Waals surface area contributed by atoms with Gasteiger partial charge in [-0.2, -0.15) is 0 Å². The fourth-order valence-electron chi connectivity index (χ4n) is 2.74. The maximum absolute atomic E-state index is 13.5. The Bertz CT molecular complexity index is 764. The predicted molar refractivity (Wildman–Crippen MR) is 90.5 cm³/mol. The van der Waals surface area contributed by atoms with Gasteiger partial charge in [-0.05, 0) is 37.6 Å². The van der Waals surface area contributed by atoms with Crippen LogP contribution in [0.1, 0.15) is 12.0 Å². The van der Waals surface area contributed by atoms with Crippen LogP contribution in [0.3, 0.4) is 0 Å². The summed E-state index contributed by atoms with van der Waals surface area (Å²) in [4.78, 5) is 26.2. The molecule has 0 aliphatic carbocycles. The molecular weight excluding hydrogens is 309 g/mol. The lowest BCUT2D eigenvalue weighted by Gasteiger charge is -2.17. The van der Waals surface area contributed by atoms with E-state index in [2.05, 4.69) is 10.6 Å². The van der Waals surface area contributed by atoms with E-state index in [4.69, 9.17) is 0 Å². The van der Waals surface area contributed by atoms with E-state index in [1.165, 1.54) is 12.1 Å². The van der Waals surface area contributed by atoms with Crippen LogP contribution >= 0.6 is 0 Å². The smallest absolute Gasteiger partial charge is 0.319 e. The van der Waals surface area contributed by atoms with Crippen molar-refractivity contribution in [2.75, 3.05) is 16.8 Å². The second-order valence-electron chi connectivity index (χ2n) is 5.68. The quantitative estimate of drug-likeness (QED) is 0.910. The van der Waals surface area contributed by atoms with Crippen LogP contribution in [0.15, 0.2) is 48.5 Å². The maximum Gasteiger partial charge on any atom is 0.319 e. The lowest BCUT2D eigenvalue weighted by atomic mass is 10.2. The highest BCUT2D eigenvalue weighted by atomic mass is 19.1. The van der Waals surface area contributed by atoms with Crippen LogP contribution in [0.2, 0.25) is 0 Å². The van der Waals surface area contributed by atoms with Crippen LogP contribution in [0.25, 0.3) is 0 Å². The van der Waals surface area contributed by atoms with Gasteiger partial charge in [-0.25, -0.2) is 9.18 Å². The topological polar surface area (TPSA) is 61.4 Å². The van der Waals surface area contributed by atoms with Gasteiger partial charge in [-0.15, -0.1) is 0 Å². The molecule has 1 heterocycles. The second-order valence-corrected chi connectivity index (χ2v) is 5.68. The SMILES string of the molecule is Cc1c(F)cccc1NC(=O)N[C@H]1CCN(c2ccccc2)C1=O. The van der Waals surface area contributed by atoms with Crippen LogP contribution < -0.4 is 15.5 Å². The Morgan fingerprint density at radius 3 is 2.67 bits per heavy atom. The van der Waals surface area contributed by atoms with Crippen molar-refractivity contribution >= 4 is 23.3 Å². The molecule has 124 valence electrons. The van der Waals surface area contributed by atoms with Crippen molar-refractivity contribution < 1.29 is 14.0 Å². The number of nitrogens with one attached hydrogen (secondary N) is 2. The Kier molecular flexibility index (Phi) is 4.46. The van der Waals surface area contributed by atoms with Gasteiger partial charge in [-0.3, -0.25) is 4.79 Å². The first-order chi connectivity index (χ1) is 11.6. The lowest BCUT2D eigenvalue weighted by molar-refractivity contribution is -0.118. The molecule has 0 aromatic heterocycles. The van der Waals surface area contributed by atoms with E-state index >= 15 is 0 Å². The number of halogens is 1. The Balaban J connectivity index is 1.63. The molecule has 0 radical (unpaired) electrons. The molecule has 1 saturated heterocycles. The zero-order valence-corrected chi connectivity index (χ0v) is 13.3. The van der Waals surface area contributed by atoms with Gasteiger partial charge in [-0.1, -0.05) is 24.3 Å². The molecule has 2 aromatic carbocycles. The third kappa shape index (κ3) is 3.22. The van der Waals surface area contributed by atoms with Gasteiger partial charge in [0, 0.05) is 23.5 Å². The monoisotopic (exact) mass is 327 g/mol. The fourth-order valence-corrected chi connectivity index (χ4v) is 2.74. The van der Waals surface area contributed by atoms with Crippen molar-refractivity contribution in [3.63, 3.8) is 0 Å². The third-order valence-electron chi connectivity index (χ3n) is 4.09. The van der Waals surface area contributed by atoms with E-state index in [1.54, 1.807) is 17.9 Å². The summed E-state index contributed by atoms with van der Waals surface area (Å²) in [5.74, 6) is -0.535. The summed E-state index contributed by atoms with van der Waals surface area (Å²) in [6.07, 6.45) is 0.531. The lowest BCUT2D eigenvalue weighted by Crippen LogP contribution is -2.43. The molecule has 5 nitrogen and oxygen atoms in total. The molecule has 1 aliphatic heterocycles. The van der Waals surface area contributed by atoms with Crippen molar-refractivity contribution in [1.29, 1.82) is 0 Å². The Hall–Kier alpha value is -2.89. The van der Waals surface area contributed by atoms with Crippen molar-refractivity contribution in [2.24, 2.45) is 0 Å². The standard InChI is InChI=1S/C18H18FN3O2/c1-12-14(19)8-5-9-15(12)20-18(24)21-16-10-11-22(17(16)23)13-6-3-2-4-7-13/h2-9,16H,10-11H2,1H3,(H2,20,21,24)/t16-/m0/s1. The Morgan fingerprint density at radius 1 is 1.17 bits per heavy atom. The van der Waals surface area contributed by atoms with Crippen molar-refractivity contribution in [1.82, 2.24) is 5.32 Å². The van der Waals surface area contributed by atoms with E-state index < -0.39 is 12.1 Å². The summed E-state index contributed by atoms with van der Waals surface area (Å²) in [6, 6.07) is 12.7. The third-order valence-corrected chi connectivity index (χ3v) is 4.09. The molecule has 1 atom stereocenters. The minimum absolute atomic E-state index is 0.146. The molecule has 2 N–H and O–H groups in total. The second kappa shape index (κ2) is 6.70. The van der Waals surface area contributed by atoms with Gasteiger partial charge in [0.2, 0.25) is 5.91 Å². The maximum atomic E-state index is 13.5. The number of carbonyl (C=O) groups is 2. The summed E-state index contributed by atoms with van der Waals surface area (Å²) >= 11 is 0. The Labute approximate surface area is 139 Å². The zero-order valence-electron chi connectivity index (χ0n) is 13.3. The molecule has 2 aromatic rings. The number of para-hydroxylation sites is 1. The van der Waals surface area contributed by atoms with Gasteiger partial charge < -0.3 is 15.5 Å². The van der Waals surface area contributed by atoms with E-state index in [0.29, 0.717) is 24.2 Å². The van der Waals surface area contributed by atoms with Gasteiger partial charge in [0.1, 0.15) is 11.9 Å². The van der Waals surface area contributed by atoms with E-state index in [1.807, 2.05) is 30.3 Å². The molecule has 3 rings (SSSR count). The number of anilines is 2. The number of carbonyl (C=O) groups excluding carboxylic acids is 2. The van der Waals surface area contributed by atoms with Crippen molar-refractivity contribution in [3.05, 3.63) is 59.9 Å². The number of nitrogens with zero attached hydrogens (tertiary/aromatic N) is 1. The van der Waals surface area contributed by atoms with Crippen molar-refractivity contribution in [3.8, 4) is 0 Å². The average Bonchev–Trinajstić information content (AvgIpc) is 2.93. The van der Waals surface area contributed by atoms with E-state index in [9.17, 15) is 14.0 Å². The van der Waals surface area contributed by atoms with E-state index in [-0.39, 0.29) is 11.7 Å². The van der Waals surface area contributed by atoms with Crippen LogP contribution in [-0.4, -0.2) is 24.5 Å². The summed E-state index contributed by atoms with van der Waals surface area (Å²) in [6.45, 7) is 2.13. The molecule has 0 spiro atoms. The summed E-state index contributed by atoms with van der Waals surface area (Å²) < 4.78 is 13.5. The molecule has 1 aliphatic rings. The largest absolute Gasteiger partial charge is 0.326 e. The minimum atomic E-state index is -0.584. The van der Waals surface area contributed by atoms with E-state index in [0.717, 1.165) is 5.69 Å². The number of hydrogen-bond donors (Lipinski definition) is 2. The summed E-state index contributed by atoms with van der Waals surface area (Å²) in [7, 11) is 0. The molecular formula is C18H18FN3O2. The first kappa shape index (κ1) is 16.0. The number of rotatable bonds is 3. The highest BCUT2D eigenvalue weighted by molar-refractivity contribution is 6.02. The summed E-state index contributed by atoms with van der Waals surface area (Å²) in [5, 5.41) is 5.25. The molecule has 24 heavy (non-hydrogen) atoms.